The van der Waals surface area contributed by atoms with Crippen LogP contribution in [0.4, 0.5) is 8.78 Å². The number of carbonyl (C=O) groups excluding carboxylic acids is 1. The molecule has 0 bridgehead atoms. The van der Waals surface area contributed by atoms with Crippen molar-refractivity contribution in [2.45, 2.75) is 33.0 Å². The third kappa shape index (κ3) is 5.13. The van der Waals surface area contributed by atoms with E-state index in [9.17, 15) is 18.7 Å². The van der Waals surface area contributed by atoms with Crippen molar-refractivity contribution < 1.29 is 23.4 Å². The number of benzene rings is 1. The van der Waals surface area contributed by atoms with Gasteiger partial charge in [-0.15, -0.1) is 0 Å². The standard InChI is InChI=1S/C14H19F2NO3/c1-3-9(2)13(19)17-8-12(18)10-5-4-6-11(7-10)20-14(15)16/h4-7,9,12,14,18H,3,8H2,1-2H3,(H,17,19). The van der Waals surface area contributed by atoms with E-state index in [4.69, 9.17) is 0 Å². The van der Waals surface area contributed by atoms with Crippen LogP contribution in [-0.2, 0) is 4.79 Å². The molecule has 0 aliphatic rings. The molecule has 0 spiro atoms. The van der Waals surface area contributed by atoms with Gasteiger partial charge < -0.3 is 15.2 Å². The van der Waals surface area contributed by atoms with E-state index in [2.05, 4.69) is 10.1 Å². The first-order valence-electron chi connectivity index (χ1n) is 6.44. The Morgan fingerprint density at radius 2 is 2.15 bits per heavy atom. The highest BCUT2D eigenvalue weighted by atomic mass is 19.3. The van der Waals surface area contributed by atoms with Crippen molar-refractivity contribution in [1.82, 2.24) is 5.32 Å². The number of nitrogens with one attached hydrogen (secondary N) is 1. The van der Waals surface area contributed by atoms with Crippen LogP contribution in [0.5, 0.6) is 5.75 Å². The molecule has 112 valence electrons. The maximum atomic E-state index is 12.1. The molecule has 0 fully saturated rings. The minimum atomic E-state index is -2.91. The summed E-state index contributed by atoms with van der Waals surface area (Å²) in [4.78, 5) is 11.6. The van der Waals surface area contributed by atoms with Crippen LogP contribution >= 0.6 is 0 Å². The van der Waals surface area contributed by atoms with Crippen LogP contribution in [0.25, 0.3) is 0 Å². The van der Waals surface area contributed by atoms with Gasteiger partial charge in [0.05, 0.1) is 6.10 Å². The highest BCUT2D eigenvalue weighted by Gasteiger charge is 2.14. The predicted octanol–water partition coefficient (Wildman–Crippen LogP) is 2.48. The molecule has 0 saturated carbocycles. The van der Waals surface area contributed by atoms with Crippen molar-refractivity contribution in [2.24, 2.45) is 5.92 Å². The van der Waals surface area contributed by atoms with Crippen molar-refractivity contribution >= 4 is 5.91 Å². The van der Waals surface area contributed by atoms with Gasteiger partial charge in [-0.25, -0.2) is 0 Å². The Bertz CT molecular complexity index is 440. The van der Waals surface area contributed by atoms with Gasteiger partial charge in [0.1, 0.15) is 5.75 Å². The molecule has 6 heteroatoms. The van der Waals surface area contributed by atoms with Crippen LogP contribution in [-0.4, -0.2) is 24.2 Å². The zero-order chi connectivity index (χ0) is 15.1. The average Bonchev–Trinajstić information content (AvgIpc) is 2.43. The van der Waals surface area contributed by atoms with Crippen molar-refractivity contribution in [3.63, 3.8) is 0 Å². The zero-order valence-electron chi connectivity index (χ0n) is 11.5. The van der Waals surface area contributed by atoms with Gasteiger partial charge in [-0.3, -0.25) is 4.79 Å². The SMILES string of the molecule is CCC(C)C(=O)NCC(O)c1cccc(OC(F)F)c1. The summed E-state index contributed by atoms with van der Waals surface area (Å²) in [6, 6.07) is 5.79. The monoisotopic (exact) mass is 287 g/mol. The van der Waals surface area contributed by atoms with Crippen LogP contribution < -0.4 is 10.1 Å². The number of aliphatic hydroxyl groups is 1. The van der Waals surface area contributed by atoms with Crippen molar-refractivity contribution in [3.05, 3.63) is 29.8 Å². The molecular weight excluding hydrogens is 268 g/mol. The van der Waals surface area contributed by atoms with Gasteiger partial charge in [0, 0.05) is 12.5 Å². The highest BCUT2D eigenvalue weighted by Crippen LogP contribution is 2.20. The molecule has 2 N–H and O–H groups in total. The van der Waals surface area contributed by atoms with Gasteiger partial charge in [0.25, 0.3) is 0 Å². The van der Waals surface area contributed by atoms with Crippen molar-refractivity contribution in [3.8, 4) is 5.75 Å². The molecule has 1 amide bonds. The quantitative estimate of drug-likeness (QED) is 0.810. The maximum Gasteiger partial charge on any atom is 0.387 e. The summed E-state index contributed by atoms with van der Waals surface area (Å²) in [5.41, 5.74) is 0.410. The van der Waals surface area contributed by atoms with E-state index in [1.54, 1.807) is 13.0 Å². The van der Waals surface area contributed by atoms with Crippen LogP contribution in [0.15, 0.2) is 24.3 Å². The molecule has 2 unspecified atom stereocenters. The lowest BCUT2D eigenvalue weighted by atomic mass is 10.1. The second kappa shape index (κ2) is 7.79. The number of rotatable bonds is 7. The number of carbonyl (C=O) groups is 1. The predicted molar refractivity (Wildman–Crippen MR) is 70.5 cm³/mol. The van der Waals surface area contributed by atoms with Gasteiger partial charge in [-0.1, -0.05) is 26.0 Å². The first kappa shape index (κ1) is 16.4. The number of aliphatic hydroxyl groups excluding tert-OH is 1. The summed E-state index contributed by atoms with van der Waals surface area (Å²) >= 11 is 0. The lowest BCUT2D eigenvalue weighted by Crippen LogP contribution is -2.32. The van der Waals surface area contributed by atoms with Crippen molar-refractivity contribution in [1.29, 1.82) is 0 Å². The Morgan fingerprint density at radius 1 is 1.45 bits per heavy atom. The Labute approximate surface area is 116 Å². The Kier molecular flexibility index (Phi) is 6.38. The molecule has 2 atom stereocenters. The minimum Gasteiger partial charge on any atom is -0.435 e. The first-order valence-corrected chi connectivity index (χ1v) is 6.44. The largest absolute Gasteiger partial charge is 0.435 e. The second-order valence-electron chi connectivity index (χ2n) is 4.52. The van der Waals surface area contributed by atoms with Gasteiger partial charge in [0.15, 0.2) is 0 Å². The second-order valence-corrected chi connectivity index (χ2v) is 4.52. The molecule has 0 saturated heterocycles. The average molecular weight is 287 g/mol. The fourth-order valence-electron chi connectivity index (χ4n) is 1.57. The Hall–Kier alpha value is -1.69. The van der Waals surface area contributed by atoms with Crippen LogP contribution in [0.3, 0.4) is 0 Å². The van der Waals surface area contributed by atoms with E-state index < -0.39 is 12.7 Å². The van der Waals surface area contributed by atoms with E-state index in [1.807, 2.05) is 6.92 Å². The van der Waals surface area contributed by atoms with E-state index in [1.165, 1.54) is 18.2 Å². The summed E-state index contributed by atoms with van der Waals surface area (Å²) in [5, 5.41) is 12.5. The van der Waals surface area contributed by atoms with E-state index in [0.717, 1.165) is 0 Å². The number of alkyl halides is 2. The molecule has 1 rings (SSSR count). The zero-order valence-corrected chi connectivity index (χ0v) is 11.5. The lowest BCUT2D eigenvalue weighted by molar-refractivity contribution is -0.125. The maximum absolute atomic E-state index is 12.1. The van der Waals surface area contributed by atoms with E-state index in [-0.39, 0.29) is 24.1 Å². The molecule has 20 heavy (non-hydrogen) atoms. The summed E-state index contributed by atoms with van der Waals surface area (Å²) in [5.74, 6) is -0.299. The van der Waals surface area contributed by atoms with Gasteiger partial charge >= 0.3 is 6.61 Å². The fourth-order valence-corrected chi connectivity index (χ4v) is 1.57. The van der Waals surface area contributed by atoms with Crippen LogP contribution in [0.1, 0.15) is 31.9 Å². The molecule has 4 nitrogen and oxygen atoms in total. The first-order chi connectivity index (χ1) is 9.43. The highest BCUT2D eigenvalue weighted by molar-refractivity contribution is 5.78. The summed E-state index contributed by atoms with van der Waals surface area (Å²) < 4.78 is 28.4. The molecule has 0 aromatic heterocycles. The summed E-state index contributed by atoms with van der Waals surface area (Å²) in [6.45, 7) is 0.805. The van der Waals surface area contributed by atoms with Gasteiger partial charge in [0.2, 0.25) is 5.91 Å². The number of ether oxygens (including phenoxy) is 1. The molecule has 0 aliphatic heterocycles. The molecule has 1 aromatic rings. The van der Waals surface area contributed by atoms with E-state index in [0.29, 0.717) is 12.0 Å². The molecule has 0 radical (unpaired) electrons. The number of amides is 1. The fraction of sp³-hybridized carbons (Fsp3) is 0.500. The van der Waals surface area contributed by atoms with E-state index >= 15 is 0 Å². The molecular formula is C14H19F2NO3. The molecule has 0 aliphatic carbocycles. The lowest BCUT2D eigenvalue weighted by Gasteiger charge is -2.15. The number of hydrogen-bond donors (Lipinski definition) is 2. The molecule has 0 heterocycles. The van der Waals surface area contributed by atoms with Crippen LogP contribution in [0.2, 0.25) is 0 Å². The third-order valence-electron chi connectivity index (χ3n) is 3.00. The van der Waals surface area contributed by atoms with Gasteiger partial charge in [-0.2, -0.15) is 8.78 Å². The third-order valence-corrected chi connectivity index (χ3v) is 3.00. The minimum absolute atomic E-state index is 0.0233. The molecule has 1 aromatic carbocycles. The van der Waals surface area contributed by atoms with Gasteiger partial charge in [-0.05, 0) is 24.1 Å². The number of hydrogen-bond acceptors (Lipinski definition) is 3. The topological polar surface area (TPSA) is 58.6 Å². The normalized spacial score (nSPS) is 13.9. The number of halogens is 2. The Morgan fingerprint density at radius 3 is 2.75 bits per heavy atom. The Balaban J connectivity index is 2.59. The summed E-state index contributed by atoms with van der Waals surface area (Å²) in [6.07, 6.45) is -0.260. The van der Waals surface area contributed by atoms with Crippen molar-refractivity contribution in [2.75, 3.05) is 6.54 Å². The summed E-state index contributed by atoms with van der Waals surface area (Å²) in [7, 11) is 0. The smallest absolute Gasteiger partial charge is 0.387 e. The van der Waals surface area contributed by atoms with Crippen LogP contribution in [0, 0.1) is 5.92 Å².